The number of carbonyl (C=O) groups excluding carboxylic acids is 1. The Morgan fingerprint density at radius 1 is 1.44 bits per heavy atom. The van der Waals surface area contributed by atoms with Crippen molar-refractivity contribution < 1.29 is 19.1 Å². The molecule has 0 aromatic heterocycles. The van der Waals surface area contributed by atoms with E-state index in [1.807, 2.05) is 0 Å². The molecular weight excluding hydrogens is 239 g/mol. The molecular formula is C12H13FN2O3. The molecule has 5 nitrogen and oxygen atoms in total. The number of halogens is 1. The number of para-hydroxylation sites is 1. The fourth-order valence-electron chi connectivity index (χ4n) is 1.95. The van der Waals surface area contributed by atoms with Gasteiger partial charge in [-0.1, -0.05) is 6.07 Å². The van der Waals surface area contributed by atoms with E-state index in [1.54, 1.807) is 0 Å². The average Bonchev–Trinajstić information content (AvgIpc) is 2.85. The number of carboxylic acids is 1. The molecule has 0 radical (unpaired) electrons. The zero-order chi connectivity index (χ0) is 13.1. The van der Waals surface area contributed by atoms with Gasteiger partial charge in [0.05, 0.1) is 17.3 Å². The van der Waals surface area contributed by atoms with E-state index in [1.165, 1.54) is 12.1 Å². The summed E-state index contributed by atoms with van der Waals surface area (Å²) in [4.78, 5) is 22.8. The largest absolute Gasteiger partial charge is 0.478 e. The first-order valence-electron chi connectivity index (χ1n) is 5.65. The van der Waals surface area contributed by atoms with Crippen LogP contribution >= 0.6 is 0 Å². The second-order valence-corrected chi connectivity index (χ2v) is 4.11. The van der Waals surface area contributed by atoms with Crippen LogP contribution in [0, 0.1) is 5.82 Å². The minimum Gasteiger partial charge on any atom is -0.478 e. The topological polar surface area (TPSA) is 78.4 Å². The van der Waals surface area contributed by atoms with Crippen LogP contribution in [0.2, 0.25) is 0 Å². The zero-order valence-electron chi connectivity index (χ0n) is 9.57. The van der Waals surface area contributed by atoms with Gasteiger partial charge in [-0.05, 0) is 31.5 Å². The summed E-state index contributed by atoms with van der Waals surface area (Å²) in [6.45, 7) is 0.737. The van der Waals surface area contributed by atoms with Gasteiger partial charge in [-0.15, -0.1) is 0 Å². The number of carboxylic acid groups (broad SMARTS) is 1. The van der Waals surface area contributed by atoms with E-state index in [2.05, 4.69) is 10.6 Å². The summed E-state index contributed by atoms with van der Waals surface area (Å²) < 4.78 is 13.6. The molecule has 1 saturated heterocycles. The van der Waals surface area contributed by atoms with Crippen molar-refractivity contribution in [2.45, 2.75) is 18.9 Å². The number of carbonyl (C=O) groups is 2. The highest BCUT2D eigenvalue weighted by molar-refractivity contribution is 6.02. The average molecular weight is 252 g/mol. The van der Waals surface area contributed by atoms with Crippen molar-refractivity contribution in [1.82, 2.24) is 5.32 Å². The number of anilines is 1. The van der Waals surface area contributed by atoms with Crippen LogP contribution in [0.1, 0.15) is 23.2 Å². The second-order valence-electron chi connectivity index (χ2n) is 4.11. The van der Waals surface area contributed by atoms with Crippen molar-refractivity contribution in [1.29, 1.82) is 0 Å². The van der Waals surface area contributed by atoms with Crippen LogP contribution in [0.4, 0.5) is 10.1 Å². The normalized spacial score (nSPS) is 18.6. The van der Waals surface area contributed by atoms with Crippen LogP contribution in [0.15, 0.2) is 18.2 Å². The van der Waals surface area contributed by atoms with E-state index in [0.29, 0.717) is 6.42 Å². The lowest BCUT2D eigenvalue weighted by atomic mass is 10.1. The Hall–Kier alpha value is -1.95. The van der Waals surface area contributed by atoms with Crippen LogP contribution in [-0.4, -0.2) is 29.6 Å². The van der Waals surface area contributed by atoms with E-state index in [9.17, 15) is 14.0 Å². The zero-order valence-corrected chi connectivity index (χ0v) is 9.57. The lowest BCUT2D eigenvalue weighted by Crippen LogP contribution is -2.36. The number of amides is 1. The molecule has 1 aromatic carbocycles. The monoisotopic (exact) mass is 252 g/mol. The molecule has 1 heterocycles. The molecule has 0 saturated carbocycles. The standard InChI is InChI=1S/C12H13FN2O3/c13-8-4-1-3-7(12(17)18)10(8)15-11(16)9-5-2-6-14-9/h1,3-4,9,14H,2,5-6H2,(H,15,16)(H,17,18)/t9-/m0/s1. The van der Waals surface area contributed by atoms with Gasteiger partial charge in [0.1, 0.15) is 5.82 Å². The first-order chi connectivity index (χ1) is 8.59. The Bertz CT molecular complexity index is 484. The third kappa shape index (κ3) is 2.48. The highest BCUT2D eigenvalue weighted by Crippen LogP contribution is 2.20. The number of hydrogen-bond acceptors (Lipinski definition) is 3. The summed E-state index contributed by atoms with van der Waals surface area (Å²) in [7, 11) is 0. The molecule has 1 amide bonds. The van der Waals surface area contributed by atoms with Crippen molar-refractivity contribution >= 4 is 17.6 Å². The Labute approximate surface area is 103 Å². The maximum Gasteiger partial charge on any atom is 0.337 e. The summed E-state index contributed by atoms with van der Waals surface area (Å²) in [6, 6.07) is 3.28. The van der Waals surface area contributed by atoms with Gasteiger partial charge in [-0.25, -0.2) is 9.18 Å². The lowest BCUT2D eigenvalue weighted by molar-refractivity contribution is -0.117. The molecule has 96 valence electrons. The number of rotatable bonds is 3. The number of aromatic carboxylic acids is 1. The van der Waals surface area contributed by atoms with E-state index in [0.717, 1.165) is 19.0 Å². The van der Waals surface area contributed by atoms with E-state index in [4.69, 9.17) is 5.11 Å². The molecule has 1 fully saturated rings. The van der Waals surface area contributed by atoms with Crippen LogP contribution in [0.25, 0.3) is 0 Å². The van der Waals surface area contributed by atoms with E-state index < -0.39 is 17.7 Å². The molecule has 18 heavy (non-hydrogen) atoms. The molecule has 0 aliphatic carbocycles. The molecule has 3 N–H and O–H groups in total. The van der Waals surface area contributed by atoms with Crippen LogP contribution in [0.3, 0.4) is 0 Å². The summed E-state index contributed by atoms with van der Waals surface area (Å²) in [6.07, 6.45) is 1.55. The second kappa shape index (κ2) is 5.14. The first kappa shape index (κ1) is 12.5. The molecule has 1 aliphatic heterocycles. The van der Waals surface area contributed by atoms with E-state index in [-0.39, 0.29) is 17.3 Å². The summed E-state index contributed by atoms with van der Waals surface area (Å²) >= 11 is 0. The molecule has 6 heteroatoms. The molecule has 0 spiro atoms. The van der Waals surface area contributed by atoms with Crippen molar-refractivity contribution in [3.63, 3.8) is 0 Å². The first-order valence-corrected chi connectivity index (χ1v) is 5.65. The number of nitrogens with one attached hydrogen (secondary N) is 2. The maximum absolute atomic E-state index is 13.6. The Morgan fingerprint density at radius 2 is 2.22 bits per heavy atom. The molecule has 0 unspecified atom stereocenters. The van der Waals surface area contributed by atoms with E-state index >= 15 is 0 Å². The summed E-state index contributed by atoms with van der Waals surface area (Å²) in [5.41, 5.74) is -0.523. The SMILES string of the molecule is O=C(O)c1cccc(F)c1NC(=O)[C@@H]1CCCN1. The molecule has 1 aromatic rings. The van der Waals surface area contributed by atoms with Crippen LogP contribution < -0.4 is 10.6 Å². The van der Waals surface area contributed by atoms with Crippen molar-refractivity contribution in [3.8, 4) is 0 Å². The number of hydrogen-bond donors (Lipinski definition) is 3. The number of benzene rings is 1. The molecule has 0 bridgehead atoms. The van der Waals surface area contributed by atoms with Crippen molar-refractivity contribution in [2.75, 3.05) is 11.9 Å². The smallest absolute Gasteiger partial charge is 0.337 e. The van der Waals surface area contributed by atoms with Gasteiger partial charge in [0, 0.05) is 0 Å². The molecule has 2 rings (SSSR count). The van der Waals surface area contributed by atoms with Crippen molar-refractivity contribution in [3.05, 3.63) is 29.6 Å². The molecule has 1 aliphatic rings. The van der Waals surface area contributed by atoms with Crippen LogP contribution in [0.5, 0.6) is 0 Å². The minimum absolute atomic E-state index is 0.249. The van der Waals surface area contributed by atoms with Crippen molar-refractivity contribution in [2.24, 2.45) is 0 Å². The maximum atomic E-state index is 13.6. The molecule has 1 atom stereocenters. The van der Waals surface area contributed by atoms with Gasteiger partial charge >= 0.3 is 5.97 Å². The fraction of sp³-hybridized carbons (Fsp3) is 0.333. The lowest BCUT2D eigenvalue weighted by Gasteiger charge is -2.13. The Kier molecular flexibility index (Phi) is 3.57. The third-order valence-electron chi connectivity index (χ3n) is 2.87. The quantitative estimate of drug-likeness (QED) is 0.755. The van der Waals surface area contributed by atoms with Gasteiger partial charge in [-0.2, -0.15) is 0 Å². The van der Waals surface area contributed by atoms with Gasteiger partial charge in [0.2, 0.25) is 5.91 Å². The third-order valence-corrected chi connectivity index (χ3v) is 2.87. The fourth-order valence-corrected chi connectivity index (χ4v) is 1.95. The highest BCUT2D eigenvalue weighted by Gasteiger charge is 2.24. The van der Waals surface area contributed by atoms with Gasteiger partial charge < -0.3 is 15.7 Å². The Morgan fingerprint density at radius 3 is 2.83 bits per heavy atom. The Balaban J connectivity index is 2.22. The summed E-state index contributed by atoms with van der Waals surface area (Å²) in [5, 5.41) is 14.2. The summed E-state index contributed by atoms with van der Waals surface area (Å²) in [5.74, 6) is -2.43. The van der Waals surface area contributed by atoms with Gasteiger partial charge in [0.15, 0.2) is 0 Å². The van der Waals surface area contributed by atoms with Gasteiger partial charge in [0.25, 0.3) is 0 Å². The van der Waals surface area contributed by atoms with Gasteiger partial charge in [-0.3, -0.25) is 4.79 Å². The minimum atomic E-state index is -1.27. The van der Waals surface area contributed by atoms with Crippen LogP contribution in [-0.2, 0) is 4.79 Å². The highest BCUT2D eigenvalue weighted by atomic mass is 19.1. The predicted molar refractivity (Wildman–Crippen MR) is 63.0 cm³/mol. The predicted octanol–water partition coefficient (Wildman–Crippen LogP) is 1.21.